The molecule has 1 saturated carbocycles. The fraction of sp³-hybridized carbons (Fsp3) is 0.455. The number of rotatable bonds is 2. The Hall–Kier alpha value is -0.340. The van der Waals surface area contributed by atoms with Crippen LogP contribution >= 0.6 is 15.9 Å². The molecule has 1 aromatic rings. The summed E-state index contributed by atoms with van der Waals surface area (Å²) < 4.78 is 1.09. The molecule has 1 N–H and O–H groups in total. The van der Waals surface area contributed by atoms with Crippen molar-refractivity contribution in [1.82, 2.24) is 0 Å². The lowest BCUT2D eigenvalue weighted by atomic mass is 9.76. The Balaban J connectivity index is 2.05. The van der Waals surface area contributed by atoms with Crippen molar-refractivity contribution in [3.05, 3.63) is 34.3 Å². The van der Waals surface area contributed by atoms with Gasteiger partial charge in [-0.25, -0.2) is 0 Å². The molecule has 2 heteroatoms. The molecule has 1 fully saturated rings. The molecular formula is C11H13BrO. The lowest BCUT2D eigenvalue weighted by molar-refractivity contribution is -0.0322. The highest BCUT2D eigenvalue weighted by atomic mass is 79.9. The van der Waals surface area contributed by atoms with Crippen molar-refractivity contribution in [3.63, 3.8) is 0 Å². The first-order valence-corrected chi connectivity index (χ1v) is 5.44. The minimum Gasteiger partial charge on any atom is -0.390 e. The predicted octanol–water partition coefficient (Wildman–Crippen LogP) is 2.91. The van der Waals surface area contributed by atoms with Crippen molar-refractivity contribution in [2.75, 3.05) is 0 Å². The Morgan fingerprint density at radius 3 is 2.31 bits per heavy atom. The van der Waals surface area contributed by atoms with E-state index in [1.165, 1.54) is 12.0 Å². The molecule has 0 spiro atoms. The SMILES string of the molecule is OC1(Cc2ccc(Br)cc2)CCC1. The summed E-state index contributed by atoms with van der Waals surface area (Å²) >= 11 is 3.39. The summed E-state index contributed by atoms with van der Waals surface area (Å²) in [5.74, 6) is 0. The third kappa shape index (κ3) is 2.12. The zero-order valence-corrected chi connectivity index (χ0v) is 9.05. The monoisotopic (exact) mass is 240 g/mol. The summed E-state index contributed by atoms with van der Waals surface area (Å²) in [4.78, 5) is 0. The predicted molar refractivity (Wildman–Crippen MR) is 56.6 cm³/mol. The van der Waals surface area contributed by atoms with Crippen molar-refractivity contribution in [2.24, 2.45) is 0 Å². The van der Waals surface area contributed by atoms with Crippen LogP contribution in [0.5, 0.6) is 0 Å². The Morgan fingerprint density at radius 2 is 1.85 bits per heavy atom. The molecule has 1 nitrogen and oxygen atoms in total. The van der Waals surface area contributed by atoms with Gasteiger partial charge in [0, 0.05) is 10.9 Å². The Morgan fingerprint density at radius 1 is 1.23 bits per heavy atom. The number of benzene rings is 1. The molecule has 0 heterocycles. The molecule has 70 valence electrons. The summed E-state index contributed by atoms with van der Waals surface area (Å²) in [5.41, 5.74) is 0.832. The van der Waals surface area contributed by atoms with Gasteiger partial charge in [0.2, 0.25) is 0 Å². The molecular weight excluding hydrogens is 228 g/mol. The Bertz CT molecular complexity index is 287. The van der Waals surface area contributed by atoms with Crippen LogP contribution in [0.25, 0.3) is 0 Å². The highest BCUT2D eigenvalue weighted by molar-refractivity contribution is 9.10. The second kappa shape index (κ2) is 3.43. The van der Waals surface area contributed by atoms with Crippen LogP contribution in [0.15, 0.2) is 28.7 Å². The standard InChI is InChI=1S/C11H13BrO/c12-10-4-2-9(3-5-10)8-11(13)6-1-7-11/h2-5,13H,1,6-8H2. The van der Waals surface area contributed by atoms with Crippen molar-refractivity contribution < 1.29 is 5.11 Å². The normalized spacial score (nSPS) is 19.5. The lowest BCUT2D eigenvalue weighted by Gasteiger charge is -2.36. The molecule has 1 aliphatic carbocycles. The third-order valence-electron chi connectivity index (χ3n) is 2.73. The van der Waals surface area contributed by atoms with Gasteiger partial charge in [-0.1, -0.05) is 28.1 Å². The summed E-state index contributed by atoms with van der Waals surface area (Å²) in [6.07, 6.45) is 3.90. The Kier molecular flexibility index (Phi) is 2.43. The fourth-order valence-corrected chi connectivity index (χ4v) is 2.01. The molecule has 0 bridgehead atoms. The van der Waals surface area contributed by atoms with Crippen molar-refractivity contribution in [1.29, 1.82) is 0 Å². The first-order chi connectivity index (χ1) is 6.18. The molecule has 1 aliphatic rings. The second-order valence-electron chi connectivity index (χ2n) is 3.88. The van der Waals surface area contributed by atoms with Crippen LogP contribution in [-0.4, -0.2) is 10.7 Å². The number of hydrogen-bond donors (Lipinski definition) is 1. The highest BCUT2D eigenvalue weighted by Crippen LogP contribution is 2.34. The molecule has 2 rings (SSSR count). The maximum absolute atomic E-state index is 9.92. The topological polar surface area (TPSA) is 20.2 Å². The zero-order valence-electron chi connectivity index (χ0n) is 7.46. The smallest absolute Gasteiger partial charge is 0.0688 e. The van der Waals surface area contributed by atoms with Gasteiger partial charge in [0.05, 0.1) is 5.60 Å². The van der Waals surface area contributed by atoms with Crippen LogP contribution in [0.4, 0.5) is 0 Å². The molecule has 0 atom stereocenters. The van der Waals surface area contributed by atoms with Crippen LogP contribution < -0.4 is 0 Å². The van der Waals surface area contributed by atoms with Crippen molar-refractivity contribution in [3.8, 4) is 0 Å². The first-order valence-electron chi connectivity index (χ1n) is 4.65. The third-order valence-corrected chi connectivity index (χ3v) is 3.26. The summed E-state index contributed by atoms with van der Waals surface area (Å²) in [5, 5.41) is 9.92. The van der Waals surface area contributed by atoms with Crippen molar-refractivity contribution in [2.45, 2.75) is 31.3 Å². The Labute approximate surface area is 86.9 Å². The zero-order chi connectivity index (χ0) is 9.31. The summed E-state index contributed by atoms with van der Waals surface area (Å²) in [7, 11) is 0. The van der Waals surface area contributed by atoms with E-state index in [-0.39, 0.29) is 0 Å². The number of hydrogen-bond acceptors (Lipinski definition) is 1. The van der Waals surface area contributed by atoms with E-state index < -0.39 is 5.60 Å². The maximum atomic E-state index is 9.92. The first kappa shape index (κ1) is 9.22. The van der Waals surface area contributed by atoms with E-state index in [0.717, 1.165) is 23.7 Å². The molecule has 0 aliphatic heterocycles. The van der Waals surface area contributed by atoms with Crippen LogP contribution in [-0.2, 0) is 6.42 Å². The fourth-order valence-electron chi connectivity index (χ4n) is 1.74. The number of aliphatic hydroxyl groups is 1. The van der Waals surface area contributed by atoms with E-state index >= 15 is 0 Å². The number of halogens is 1. The van der Waals surface area contributed by atoms with E-state index in [9.17, 15) is 5.11 Å². The molecule has 13 heavy (non-hydrogen) atoms. The summed E-state index contributed by atoms with van der Waals surface area (Å²) in [6, 6.07) is 8.19. The van der Waals surface area contributed by atoms with Gasteiger partial charge in [0.15, 0.2) is 0 Å². The molecule has 0 aromatic heterocycles. The average molecular weight is 241 g/mol. The molecule has 1 aromatic carbocycles. The van der Waals surface area contributed by atoms with Gasteiger partial charge in [0.1, 0.15) is 0 Å². The van der Waals surface area contributed by atoms with Gasteiger partial charge in [-0.2, -0.15) is 0 Å². The molecule has 0 unspecified atom stereocenters. The maximum Gasteiger partial charge on any atom is 0.0688 e. The molecule has 0 amide bonds. The van der Waals surface area contributed by atoms with Gasteiger partial charge in [-0.3, -0.25) is 0 Å². The van der Waals surface area contributed by atoms with E-state index in [2.05, 4.69) is 28.1 Å². The molecule has 0 saturated heterocycles. The van der Waals surface area contributed by atoms with Gasteiger partial charge >= 0.3 is 0 Å². The summed E-state index contributed by atoms with van der Waals surface area (Å²) in [6.45, 7) is 0. The van der Waals surface area contributed by atoms with Gasteiger partial charge < -0.3 is 5.11 Å². The van der Waals surface area contributed by atoms with Crippen LogP contribution in [0.3, 0.4) is 0 Å². The lowest BCUT2D eigenvalue weighted by Crippen LogP contribution is -2.38. The molecule has 0 radical (unpaired) electrons. The van der Waals surface area contributed by atoms with Crippen LogP contribution in [0.1, 0.15) is 24.8 Å². The van der Waals surface area contributed by atoms with Crippen molar-refractivity contribution >= 4 is 15.9 Å². The van der Waals surface area contributed by atoms with E-state index in [1.807, 2.05) is 12.1 Å². The minimum atomic E-state index is -0.395. The minimum absolute atomic E-state index is 0.395. The highest BCUT2D eigenvalue weighted by Gasteiger charge is 2.34. The van der Waals surface area contributed by atoms with Gasteiger partial charge in [-0.05, 0) is 37.0 Å². The largest absolute Gasteiger partial charge is 0.390 e. The second-order valence-corrected chi connectivity index (χ2v) is 4.80. The quantitative estimate of drug-likeness (QED) is 0.844. The van der Waals surface area contributed by atoms with E-state index in [0.29, 0.717) is 0 Å². The average Bonchev–Trinajstić information content (AvgIpc) is 2.06. The van der Waals surface area contributed by atoms with Crippen LogP contribution in [0.2, 0.25) is 0 Å². The van der Waals surface area contributed by atoms with Gasteiger partial charge in [-0.15, -0.1) is 0 Å². The van der Waals surface area contributed by atoms with E-state index in [1.54, 1.807) is 0 Å². The van der Waals surface area contributed by atoms with E-state index in [4.69, 9.17) is 0 Å². The van der Waals surface area contributed by atoms with Gasteiger partial charge in [0.25, 0.3) is 0 Å². The van der Waals surface area contributed by atoms with Crippen LogP contribution in [0, 0.1) is 0 Å².